The van der Waals surface area contributed by atoms with Crippen LogP contribution in [0.1, 0.15) is 21.5 Å². The van der Waals surface area contributed by atoms with Crippen LogP contribution in [0.15, 0.2) is 29.6 Å². The second-order valence-electron chi connectivity index (χ2n) is 4.56. The third-order valence-corrected chi connectivity index (χ3v) is 3.93. The Kier molecular flexibility index (Phi) is 4.59. The van der Waals surface area contributed by atoms with Crippen molar-refractivity contribution >= 4 is 28.2 Å². The van der Waals surface area contributed by atoms with Gasteiger partial charge in [-0.3, -0.25) is 9.59 Å². The van der Waals surface area contributed by atoms with Gasteiger partial charge in [0, 0.05) is 0 Å². The van der Waals surface area contributed by atoms with Crippen molar-refractivity contribution in [1.82, 2.24) is 0 Å². The Morgan fingerprint density at radius 2 is 2.05 bits per heavy atom. The number of rotatable bonds is 5. The Balaban J connectivity index is 1.98. The Morgan fingerprint density at radius 1 is 1.29 bits per heavy atom. The van der Waals surface area contributed by atoms with Crippen molar-refractivity contribution in [3.8, 4) is 5.75 Å². The molecule has 0 saturated carbocycles. The van der Waals surface area contributed by atoms with Gasteiger partial charge in [0.05, 0.1) is 5.56 Å². The van der Waals surface area contributed by atoms with E-state index in [2.05, 4.69) is 5.32 Å². The average Bonchev–Trinajstić information content (AvgIpc) is 2.88. The van der Waals surface area contributed by atoms with Crippen molar-refractivity contribution in [3.05, 3.63) is 46.3 Å². The highest BCUT2D eigenvalue weighted by Gasteiger charge is 2.13. The van der Waals surface area contributed by atoms with E-state index in [1.165, 1.54) is 11.3 Å². The Bertz CT molecular complexity index is 679. The lowest BCUT2D eigenvalue weighted by Crippen LogP contribution is -2.22. The fourth-order valence-electron chi connectivity index (χ4n) is 1.79. The molecule has 0 aliphatic carbocycles. The zero-order valence-corrected chi connectivity index (χ0v) is 12.6. The van der Waals surface area contributed by atoms with Crippen LogP contribution in [-0.2, 0) is 4.79 Å². The van der Waals surface area contributed by atoms with Crippen molar-refractivity contribution in [3.63, 3.8) is 0 Å². The molecule has 2 amide bonds. The summed E-state index contributed by atoms with van der Waals surface area (Å²) in [6.45, 7) is 3.79. The molecular formula is C15H16N2O3S. The quantitative estimate of drug-likeness (QED) is 0.890. The molecule has 0 fully saturated rings. The smallest absolute Gasteiger partial charge is 0.262 e. The van der Waals surface area contributed by atoms with Crippen molar-refractivity contribution in [2.75, 3.05) is 11.9 Å². The van der Waals surface area contributed by atoms with Gasteiger partial charge in [-0.25, -0.2) is 0 Å². The first kappa shape index (κ1) is 15.1. The van der Waals surface area contributed by atoms with Gasteiger partial charge in [0.1, 0.15) is 10.8 Å². The minimum atomic E-state index is -0.568. The first-order chi connectivity index (χ1) is 9.99. The molecule has 110 valence electrons. The summed E-state index contributed by atoms with van der Waals surface area (Å²) in [5, 5.41) is 4.77. The summed E-state index contributed by atoms with van der Waals surface area (Å²) >= 11 is 1.25. The van der Waals surface area contributed by atoms with Crippen LogP contribution in [0.3, 0.4) is 0 Å². The number of aryl methyl sites for hydroxylation is 1. The predicted octanol–water partition coefficient (Wildman–Crippen LogP) is 2.48. The monoisotopic (exact) mass is 304 g/mol. The zero-order chi connectivity index (χ0) is 15.4. The van der Waals surface area contributed by atoms with Gasteiger partial charge in [-0.05, 0) is 42.5 Å². The largest absolute Gasteiger partial charge is 0.483 e. The summed E-state index contributed by atoms with van der Waals surface area (Å²) in [5.74, 6) is -0.227. The topological polar surface area (TPSA) is 81.4 Å². The minimum Gasteiger partial charge on any atom is -0.483 e. The molecule has 21 heavy (non-hydrogen) atoms. The zero-order valence-electron chi connectivity index (χ0n) is 11.8. The molecule has 5 nitrogen and oxygen atoms in total. The molecule has 0 bridgehead atoms. The Labute approximate surface area is 126 Å². The van der Waals surface area contributed by atoms with E-state index >= 15 is 0 Å². The lowest BCUT2D eigenvalue weighted by Gasteiger charge is -2.10. The van der Waals surface area contributed by atoms with E-state index in [9.17, 15) is 9.59 Å². The molecule has 1 aromatic carbocycles. The number of thiophene rings is 1. The predicted molar refractivity (Wildman–Crippen MR) is 82.9 cm³/mol. The lowest BCUT2D eigenvalue weighted by molar-refractivity contribution is -0.118. The second kappa shape index (κ2) is 6.41. The van der Waals surface area contributed by atoms with E-state index in [0.29, 0.717) is 16.3 Å². The molecule has 0 aliphatic heterocycles. The summed E-state index contributed by atoms with van der Waals surface area (Å²) in [7, 11) is 0. The molecule has 0 unspecified atom stereocenters. The number of benzene rings is 1. The fraction of sp³-hybridized carbons (Fsp3) is 0.200. The number of nitrogens with two attached hydrogens (primary N) is 1. The average molecular weight is 304 g/mol. The molecule has 0 spiro atoms. The summed E-state index contributed by atoms with van der Waals surface area (Å²) in [4.78, 5) is 23.0. The van der Waals surface area contributed by atoms with Crippen LogP contribution in [0.25, 0.3) is 0 Å². The van der Waals surface area contributed by atoms with Crippen LogP contribution < -0.4 is 15.8 Å². The van der Waals surface area contributed by atoms with Crippen molar-refractivity contribution < 1.29 is 14.3 Å². The molecule has 1 aromatic heterocycles. The van der Waals surface area contributed by atoms with Crippen molar-refractivity contribution in [1.29, 1.82) is 0 Å². The van der Waals surface area contributed by atoms with Crippen molar-refractivity contribution in [2.24, 2.45) is 5.73 Å². The molecule has 1 heterocycles. The van der Waals surface area contributed by atoms with Gasteiger partial charge >= 0.3 is 0 Å². The van der Waals surface area contributed by atoms with E-state index in [1.54, 1.807) is 11.4 Å². The number of amides is 2. The Morgan fingerprint density at radius 3 is 2.76 bits per heavy atom. The van der Waals surface area contributed by atoms with Crippen molar-refractivity contribution in [2.45, 2.75) is 13.8 Å². The van der Waals surface area contributed by atoms with E-state index in [0.717, 1.165) is 11.1 Å². The molecule has 2 aromatic rings. The molecule has 0 radical (unpaired) electrons. The van der Waals surface area contributed by atoms with E-state index < -0.39 is 5.91 Å². The number of hydrogen-bond donors (Lipinski definition) is 2. The number of carbonyl (C=O) groups is 2. The number of nitrogens with one attached hydrogen (secondary N) is 1. The molecule has 0 atom stereocenters. The number of hydrogen-bond acceptors (Lipinski definition) is 4. The third-order valence-electron chi connectivity index (χ3n) is 3.10. The first-order valence-corrected chi connectivity index (χ1v) is 7.23. The third kappa shape index (κ3) is 3.61. The van der Waals surface area contributed by atoms with Gasteiger partial charge in [-0.15, -0.1) is 11.3 Å². The highest BCUT2D eigenvalue weighted by Crippen LogP contribution is 2.23. The SMILES string of the molecule is Cc1cccc(OCC(=O)Nc2sccc2C(N)=O)c1C. The summed E-state index contributed by atoms with van der Waals surface area (Å²) in [6, 6.07) is 7.25. The van der Waals surface area contributed by atoms with Gasteiger partial charge < -0.3 is 15.8 Å². The normalized spacial score (nSPS) is 10.2. The van der Waals surface area contributed by atoms with Gasteiger partial charge in [0.15, 0.2) is 6.61 Å². The van der Waals surface area contributed by atoms with Crippen LogP contribution in [-0.4, -0.2) is 18.4 Å². The van der Waals surface area contributed by atoms with Gasteiger partial charge in [0.2, 0.25) is 0 Å². The molecular weight excluding hydrogens is 288 g/mol. The number of carbonyl (C=O) groups excluding carboxylic acids is 2. The van der Waals surface area contributed by atoms with Crippen LogP contribution in [0.4, 0.5) is 5.00 Å². The summed E-state index contributed by atoms with van der Waals surface area (Å²) in [6.07, 6.45) is 0. The Hall–Kier alpha value is -2.34. The van der Waals surface area contributed by atoms with Gasteiger partial charge in [-0.1, -0.05) is 12.1 Å². The summed E-state index contributed by atoms with van der Waals surface area (Å²) < 4.78 is 5.50. The van der Waals surface area contributed by atoms with E-state index in [4.69, 9.17) is 10.5 Å². The number of anilines is 1. The standard InChI is InChI=1S/C15H16N2O3S/c1-9-4-3-5-12(10(9)2)20-8-13(18)17-15-11(14(16)19)6-7-21-15/h3-7H,8H2,1-2H3,(H2,16,19)(H,17,18). The van der Waals surface area contributed by atoms with Crippen LogP contribution in [0.5, 0.6) is 5.75 Å². The number of primary amides is 1. The van der Waals surface area contributed by atoms with Crippen LogP contribution >= 0.6 is 11.3 Å². The maximum Gasteiger partial charge on any atom is 0.262 e. The van der Waals surface area contributed by atoms with Gasteiger partial charge in [-0.2, -0.15) is 0 Å². The highest BCUT2D eigenvalue weighted by molar-refractivity contribution is 7.14. The van der Waals surface area contributed by atoms with Gasteiger partial charge in [0.25, 0.3) is 11.8 Å². The van der Waals surface area contributed by atoms with E-state index in [1.807, 2.05) is 32.0 Å². The molecule has 3 N–H and O–H groups in total. The second-order valence-corrected chi connectivity index (χ2v) is 5.48. The molecule has 2 rings (SSSR count). The molecule has 0 saturated heterocycles. The fourth-order valence-corrected chi connectivity index (χ4v) is 2.60. The first-order valence-electron chi connectivity index (χ1n) is 6.35. The minimum absolute atomic E-state index is 0.125. The maximum absolute atomic E-state index is 11.9. The maximum atomic E-state index is 11.9. The van der Waals surface area contributed by atoms with Crippen LogP contribution in [0, 0.1) is 13.8 Å². The van der Waals surface area contributed by atoms with E-state index in [-0.39, 0.29) is 12.5 Å². The molecule has 0 aliphatic rings. The molecule has 6 heteroatoms. The number of ether oxygens (including phenoxy) is 1. The lowest BCUT2D eigenvalue weighted by atomic mass is 10.1. The summed E-state index contributed by atoms with van der Waals surface area (Å²) in [5.41, 5.74) is 7.63. The highest BCUT2D eigenvalue weighted by atomic mass is 32.1. The van der Waals surface area contributed by atoms with Crippen LogP contribution in [0.2, 0.25) is 0 Å².